The second kappa shape index (κ2) is 6.68. The summed E-state index contributed by atoms with van der Waals surface area (Å²) < 4.78 is 0.856. The van der Waals surface area contributed by atoms with Crippen LogP contribution >= 0.6 is 11.8 Å². The van der Waals surface area contributed by atoms with Gasteiger partial charge in [-0.3, -0.25) is 0 Å². The SMILES string of the molecule is CSc1ccc(O)c(C(C=C(C)C)c2cccc[n+]2[O-])c1. The first kappa shape index (κ1) is 15.4. The average molecular weight is 301 g/mol. The van der Waals surface area contributed by atoms with Gasteiger partial charge < -0.3 is 10.3 Å². The zero-order valence-electron chi connectivity index (χ0n) is 12.4. The Morgan fingerprint density at radius 1 is 1.29 bits per heavy atom. The number of benzene rings is 1. The van der Waals surface area contributed by atoms with E-state index >= 15 is 0 Å². The summed E-state index contributed by atoms with van der Waals surface area (Å²) in [7, 11) is 0. The third-order valence-corrected chi connectivity index (χ3v) is 3.97. The molecule has 0 amide bonds. The van der Waals surface area contributed by atoms with Crippen molar-refractivity contribution < 1.29 is 9.84 Å². The quantitative estimate of drug-likeness (QED) is 0.404. The highest BCUT2D eigenvalue weighted by molar-refractivity contribution is 7.98. The van der Waals surface area contributed by atoms with Crippen LogP contribution in [0.2, 0.25) is 0 Å². The second-order valence-electron chi connectivity index (χ2n) is 5.10. The lowest BCUT2D eigenvalue weighted by molar-refractivity contribution is -0.614. The van der Waals surface area contributed by atoms with Gasteiger partial charge in [-0.1, -0.05) is 11.6 Å². The van der Waals surface area contributed by atoms with Crippen LogP contribution in [0.4, 0.5) is 0 Å². The molecule has 1 aromatic heterocycles. The number of rotatable bonds is 4. The Balaban J connectivity index is 2.62. The van der Waals surface area contributed by atoms with E-state index in [1.54, 1.807) is 30.0 Å². The van der Waals surface area contributed by atoms with Gasteiger partial charge in [-0.25, -0.2) is 0 Å². The van der Waals surface area contributed by atoms with Crippen LogP contribution in [0, 0.1) is 5.21 Å². The predicted octanol–water partition coefficient (Wildman–Crippen LogP) is 3.85. The third-order valence-electron chi connectivity index (χ3n) is 3.24. The van der Waals surface area contributed by atoms with Gasteiger partial charge in [0.25, 0.3) is 0 Å². The highest BCUT2D eigenvalue weighted by Gasteiger charge is 2.22. The molecular formula is C17H19NO2S. The molecule has 1 unspecified atom stereocenters. The highest BCUT2D eigenvalue weighted by Crippen LogP contribution is 2.34. The molecule has 110 valence electrons. The minimum absolute atomic E-state index is 0.208. The van der Waals surface area contributed by atoms with Gasteiger partial charge in [0, 0.05) is 22.6 Å². The molecule has 3 nitrogen and oxygen atoms in total. The Morgan fingerprint density at radius 2 is 2.05 bits per heavy atom. The van der Waals surface area contributed by atoms with E-state index in [1.807, 2.05) is 44.4 Å². The third kappa shape index (κ3) is 3.58. The maximum absolute atomic E-state index is 12.1. The van der Waals surface area contributed by atoms with E-state index in [1.165, 1.54) is 6.20 Å². The molecule has 21 heavy (non-hydrogen) atoms. The van der Waals surface area contributed by atoms with E-state index in [0.717, 1.165) is 20.8 Å². The maximum Gasteiger partial charge on any atom is 0.204 e. The standard InChI is InChI=1S/C17H19NO2S/c1-12(2)10-14(16-6-4-5-9-18(16)20)15-11-13(21-3)7-8-17(15)19/h4-11,14,19H,1-3H3. The van der Waals surface area contributed by atoms with E-state index < -0.39 is 0 Å². The summed E-state index contributed by atoms with van der Waals surface area (Å²) in [5, 5.41) is 22.3. The molecule has 0 saturated heterocycles. The Hall–Kier alpha value is -1.94. The molecule has 1 aromatic carbocycles. The van der Waals surface area contributed by atoms with Gasteiger partial charge in [0.1, 0.15) is 5.75 Å². The molecule has 0 saturated carbocycles. The fourth-order valence-corrected chi connectivity index (χ4v) is 2.71. The second-order valence-corrected chi connectivity index (χ2v) is 5.98. The molecule has 0 aliphatic heterocycles. The summed E-state index contributed by atoms with van der Waals surface area (Å²) >= 11 is 1.61. The van der Waals surface area contributed by atoms with Crippen LogP contribution < -0.4 is 4.73 Å². The first-order valence-electron chi connectivity index (χ1n) is 6.73. The van der Waals surface area contributed by atoms with E-state index in [0.29, 0.717) is 5.69 Å². The molecule has 4 heteroatoms. The Morgan fingerprint density at radius 3 is 2.67 bits per heavy atom. The minimum Gasteiger partial charge on any atom is -0.618 e. The normalized spacial score (nSPS) is 12.0. The summed E-state index contributed by atoms with van der Waals surface area (Å²) in [4.78, 5) is 1.06. The zero-order chi connectivity index (χ0) is 15.4. The Labute approximate surface area is 129 Å². The highest BCUT2D eigenvalue weighted by atomic mass is 32.2. The molecule has 1 N–H and O–H groups in total. The van der Waals surface area contributed by atoms with Gasteiger partial charge >= 0.3 is 0 Å². The number of hydrogen-bond donors (Lipinski definition) is 1. The van der Waals surface area contributed by atoms with Crippen LogP contribution in [0.25, 0.3) is 0 Å². The molecule has 1 atom stereocenters. The van der Waals surface area contributed by atoms with Crippen molar-refractivity contribution in [1.82, 2.24) is 0 Å². The van der Waals surface area contributed by atoms with Crippen molar-refractivity contribution in [1.29, 1.82) is 0 Å². The van der Waals surface area contributed by atoms with E-state index in [-0.39, 0.29) is 11.7 Å². The summed E-state index contributed by atoms with van der Waals surface area (Å²) in [6, 6.07) is 10.8. The van der Waals surface area contributed by atoms with Crippen molar-refractivity contribution in [3.05, 3.63) is 70.7 Å². The van der Waals surface area contributed by atoms with Crippen LogP contribution in [0.3, 0.4) is 0 Å². The lowest BCUT2D eigenvalue weighted by Crippen LogP contribution is -2.32. The molecule has 2 aromatic rings. The molecular weight excluding hydrogens is 282 g/mol. The summed E-state index contributed by atoms with van der Waals surface area (Å²) in [5.74, 6) is -0.0556. The zero-order valence-corrected chi connectivity index (χ0v) is 13.2. The van der Waals surface area contributed by atoms with Crippen LogP contribution in [0.5, 0.6) is 5.75 Å². The topological polar surface area (TPSA) is 47.2 Å². The van der Waals surface area contributed by atoms with Crippen molar-refractivity contribution in [3.8, 4) is 5.75 Å². The number of thioether (sulfide) groups is 1. The first-order valence-corrected chi connectivity index (χ1v) is 7.95. The van der Waals surface area contributed by atoms with Crippen molar-refractivity contribution in [3.63, 3.8) is 0 Å². The molecule has 0 bridgehead atoms. The van der Waals surface area contributed by atoms with Crippen LogP contribution in [-0.2, 0) is 0 Å². The van der Waals surface area contributed by atoms with Crippen LogP contribution in [-0.4, -0.2) is 11.4 Å². The molecule has 0 spiro atoms. The number of nitrogens with zero attached hydrogens (tertiary/aromatic N) is 1. The number of phenols is 1. The smallest absolute Gasteiger partial charge is 0.204 e. The van der Waals surface area contributed by atoms with Crippen molar-refractivity contribution in [2.24, 2.45) is 0 Å². The molecule has 0 aliphatic carbocycles. The fourth-order valence-electron chi connectivity index (χ4n) is 2.26. The minimum atomic E-state index is -0.263. The monoisotopic (exact) mass is 301 g/mol. The Kier molecular flexibility index (Phi) is 4.91. The predicted molar refractivity (Wildman–Crippen MR) is 86.6 cm³/mol. The van der Waals surface area contributed by atoms with E-state index in [9.17, 15) is 10.3 Å². The van der Waals surface area contributed by atoms with Crippen molar-refractivity contribution >= 4 is 11.8 Å². The molecule has 1 heterocycles. The van der Waals surface area contributed by atoms with Crippen molar-refractivity contribution in [2.75, 3.05) is 6.26 Å². The van der Waals surface area contributed by atoms with Gasteiger partial charge in [0.05, 0.1) is 5.92 Å². The lowest BCUT2D eigenvalue weighted by Gasteiger charge is -2.16. The van der Waals surface area contributed by atoms with Gasteiger partial charge in [-0.2, -0.15) is 4.73 Å². The first-order chi connectivity index (χ1) is 10.0. The number of hydrogen-bond acceptors (Lipinski definition) is 3. The largest absolute Gasteiger partial charge is 0.618 e. The summed E-state index contributed by atoms with van der Waals surface area (Å²) in [6.45, 7) is 3.97. The number of aromatic hydroxyl groups is 1. The number of allylic oxidation sites excluding steroid dienone is 2. The molecule has 0 aliphatic rings. The lowest BCUT2D eigenvalue weighted by atomic mass is 9.92. The number of pyridine rings is 1. The summed E-state index contributed by atoms with van der Waals surface area (Å²) in [6.07, 6.45) is 5.47. The van der Waals surface area contributed by atoms with Gasteiger partial charge in [0.15, 0.2) is 6.20 Å². The molecule has 0 radical (unpaired) electrons. The number of phenolic OH excluding ortho intramolecular Hbond substituents is 1. The van der Waals surface area contributed by atoms with Gasteiger partial charge in [-0.05, 0) is 44.4 Å². The maximum atomic E-state index is 12.1. The summed E-state index contributed by atoms with van der Waals surface area (Å²) in [5.41, 5.74) is 2.45. The fraction of sp³-hybridized carbons (Fsp3) is 0.235. The Bertz CT molecular complexity index is 664. The van der Waals surface area contributed by atoms with Crippen LogP contribution in [0.15, 0.2) is 59.1 Å². The average Bonchev–Trinajstić information content (AvgIpc) is 2.46. The van der Waals surface area contributed by atoms with Gasteiger partial charge in [-0.15, -0.1) is 11.8 Å². The van der Waals surface area contributed by atoms with Crippen LogP contribution in [0.1, 0.15) is 31.0 Å². The van der Waals surface area contributed by atoms with E-state index in [2.05, 4.69) is 0 Å². The molecule has 2 rings (SSSR count). The van der Waals surface area contributed by atoms with Crippen molar-refractivity contribution in [2.45, 2.75) is 24.7 Å². The molecule has 0 fully saturated rings. The van der Waals surface area contributed by atoms with E-state index in [4.69, 9.17) is 0 Å². The van der Waals surface area contributed by atoms with Gasteiger partial charge in [0.2, 0.25) is 5.69 Å². The number of aromatic nitrogens is 1.